The van der Waals surface area contributed by atoms with Gasteiger partial charge in [0.15, 0.2) is 5.75 Å². The average Bonchev–Trinajstić information content (AvgIpc) is 2.79. The Labute approximate surface area is 177 Å². The fourth-order valence-electron chi connectivity index (χ4n) is 3.59. The number of likely N-dealkylation sites (N-methyl/N-ethyl adjacent to an activating group) is 1. The molecule has 1 saturated heterocycles. The van der Waals surface area contributed by atoms with E-state index in [4.69, 9.17) is 9.47 Å². The number of rotatable bonds is 8. The molecule has 1 aromatic heterocycles. The number of ether oxygens (including phenoxy) is 2. The fraction of sp³-hybridized carbons (Fsp3) is 0.500. The molecule has 1 aliphatic rings. The Morgan fingerprint density at radius 1 is 1.07 bits per heavy atom. The van der Waals surface area contributed by atoms with Crippen LogP contribution in [0.2, 0.25) is 0 Å². The minimum Gasteiger partial charge on any atom is -0.497 e. The summed E-state index contributed by atoms with van der Waals surface area (Å²) in [6.07, 6.45) is 0.970. The van der Waals surface area contributed by atoms with Gasteiger partial charge in [-0.1, -0.05) is 6.92 Å². The summed E-state index contributed by atoms with van der Waals surface area (Å²) in [6.45, 7) is 6.93. The summed E-state index contributed by atoms with van der Waals surface area (Å²) in [7, 11) is 3.13. The SMILES string of the molecule is CCN1CCN(C(=O)CCCn2nc(-c3ccc(OC)cc3)c(OC)cc2=O)CC1. The van der Waals surface area contributed by atoms with E-state index < -0.39 is 0 Å². The zero-order valence-electron chi connectivity index (χ0n) is 18.0. The summed E-state index contributed by atoms with van der Waals surface area (Å²) in [5.74, 6) is 1.30. The number of aromatic nitrogens is 2. The van der Waals surface area contributed by atoms with E-state index in [0.29, 0.717) is 30.8 Å². The molecule has 0 unspecified atom stereocenters. The second-order valence-electron chi connectivity index (χ2n) is 7.27. The van der Waals surface area contributed by atoms with Crippen LogP contribution >= 0.6 is 0 Å². The summed E-state index contributed by atoms with van der Waals surface area (Å²) in [5.41, 5.74) is 1.17. The molecular formula is C22H30N4O4. The molecule has 0 aliphatic carbocycles. The zero-order chi connectivity index (χ0) is 21.5. The molecule has 2 heterocycles. The Balaban J connectivity index is 1.65. The highest BCUT2D eigenvalue weighted by molar-refractivity contribution is 5.76. The van der Waals surface area contributed by atoms with Crippen molar-refractivity contribution in [1.82, 2.24) is 19.6 Å². The van der Waals surface area contributed by atoms with Gasteiger partial charge in [0.25, 0.3) is 5.56 Å². The molecule has 8 heteroatoms. The van der Waals surface area contributed by atoms with Crippen LogP contribution in [0.1, 0.15) is 19.8 Å². The Hall–Kier alpha value is -2.87. The standard InChI is InChI=1S/C22H30N4O4/c1-4-24-12-14-25(15-13-24)20(27)6-5-11-26-21(28)16-19(30-3)22(23-26)17-7-9-18(29-2)10-8-17/h7-10,16H,4-6,11-15H2,1-3H3. The van der Waals surface area contributed by atoms with Crippen LogP contribution in [0.3, 0.4) is 0 Å². The van der Waals surface area contributed by atoms with Crippen molar-refractivity contribution in [3.8, 4) is 22.8 Å². The van der Waals surface area contributed by atoms with E-state index in [-0.39, 0.29) is 11.5 Å². The van der Waals surface area contributed by atoms with Crippen LogP contribution in [-0.4, -0.2) is 72.4 Å². The molecule has 0 atom stereocenters. The quantitative estimate of drug-likeness (QED) is 0.656. The smallest absolute Gasteiger partial charge is 0.270 e. The molecule has 2 aromatic rings. The van der Waals surface area contributed by atoms with Gasteiger partial charge in [0.1, 0.15) is 11.4 Å². The normalized spacial score (nSPS) is 14.6. The first-order chi connectivity index (χ1) is 14.5. The topological polar surface area (TPSA) is 76.9 Å². The third kappa shape index (κ3) is 5.18. The number of hydrogen-bond donors (Lipinski definition) is 0. The molecule has 1 fully saturated rings. The monoisotopic (exact) mass is 414 g/mol. The van der Waals surface area contributed by atoms with Crippen molar-refractivity contribution in [2.75, 3.05) is 46.9 Å². The molecule has 1 aromatic carbocycles. The molecule has 0 N–H and O–H groups in total. The molecule has 3 rings (SSSR count). The maximum atomic E-state index is 12.5. The third-order valence-electron chi connectivity index (χ3n) is 5.48. The molecule has 0 spiro atoms. The minimum absolute atomic E-state index is 0.141. The van der Waals surface area contributed by atoms with Crippen molar-refractivity contribution in [2.45, 2.75) is 26.3 Å². The Bertz CT molecular complexity index is 902. The summed E-state index contributed by atoms with van der Waals surface area (Å²) in [4.78, 5) is 29.2. The number of nitrogens with zero attached hydrogens (tertiary/aromatic N) is 4. The highest BCUT2D eigenvalue weighted by Crippen LogP contribution is 2.27. The summed E-state index contributed by atoms with van der Waals surface area (Å²) in [6, 6.07) is 8.86. The molecule has 30 heavy (non-hydrogen) atoms. The minimum atomic E-state index is -0.242. The van der Waals surface area contributed by atoms with Crippen LogP contribution in [0.5, 0.6) is 11.5 Å². The second kappa shape index (κ2) is 10.2. The molecule has 1 aliphatic heterocycles. The number of benzene rings is 1. The van der Waals surface area contributed by atoms with Crippen molar-refractivity contribution < 1.29 is 14.3 Å². The van der Waals surface area contributed by atoms with Gasteiger partial charge in [-0.25, -0.2) is 4.68 Å². The molecule has 162 valence electrons. The van der Waals surface area contributed by atoms with Gasteiger partial charge >= 0.3 is 0 Å². The number of methoxy groups -OCH3 is 2. The van der Waals surface area contributed by atoms with Gasteiger partial charge in [0.05, 0.1) is 14.2 Å². The molecule has 1 amide bonds. The van der Waals surface area contributed by atoms with Gasteiger partial charge in [-0.2, -0.15) is 5.10 Å². The van der Waals surface area contributed by atoms with E-state index in [1.807, 2.05) is 29.2 Å². The van der Waals surface area contributed by atoms with E-state index in [2.05, 4.69) is 16.9 Å². The van der Waals surface area contributed by atoms with Gasteiger partial charge in [-0.3, -0.25) is 9.59 Å². The number of carbonyl (C=O) groups excluding carboxylic acids is 1. The third-order valence-corrected chi connectivity index (χ3v) is 5.48. The zero-order valence-corrected chi connectivity index (χ0v) is 18.0. The first-order valence-corrected chi connectivity index (χ1v) is 10.4. The van der Waals surface area contributed by atoms with Crippen molar-refractivity contribution >= 4 is 5.91 Å². The Morgan fingerprint density at radius 2 is 1.77 bits per heavy atom. The van der Waals surface area contributed by atoms with Gasteiger partial charge in [0, 0.05) is 50.8 Å². The van der Waals surface area contributed by atoms with Crippen LogP contribution < -0.4 is 15.0 Å². The van der Waals surface area contributed by atoms with Crippen molar-refractivity contribution in [2.24, 2.45) is 0 Å². The summed E-state index contributed by atoms with van der Waals surface area (Å²) < 4.78 is 12.0. The predicted molar refractivity (Wildman–Crippen MR) is 115 cm³/mol. The fourth-order valence-corrected chi connectivity index (χ4v) is 3.59. The van der Waals surface area contributed by atoms with Crippen molar-refractivity contribution in [1.29, 1.82) is 0 Å². The molecular weight excluding hydrogens is 384 g/mol. The lowest BCUT2D eigenvalue weighted by Crippen LogP contribution is -2.48. The van der Waals surface area contributed by atoms with Crippen LogP contribution in [0.4, 0.5) is 0 Å². The lowest BCUT2D eigenvalue weighted by Gasteiger charge is -2.34. The lowest BCUT2D eigenvalue weighted by molar-refractivity contribution is -0.133. The predicted octanol–water partition coefficient (Wildman–Crippen LogP) is 1.87. The Kier molecular flexibility index (Phi) is 7.46. The number of aryl methyl sites for hydroxylation is 1. The van der Waals surface area contributed by atoms with E-state index in [1.54, 1.807) is 7.11 Å². The first-order valence-electron chi connectivity index (χ1n) is 10.4. The molecule has 8 nitrogen and oxygen atoms in total. The lowest BCUT2D eigenvalue weighted by atomic mass is 10.1. The first kappa shape index (κ1) is 21.8. The summed E-state index contributed by atoms with van der Waals surface area (Å²) >= 11 is 0. The second-order valence-corrected chi connectivity index (χ2v) is 7.27. The van der Waals surface area contributed by atoms with Gasteiger partial charge in [0.2, 0.25) is 5.91 Å². The maximum absolute atomic E-state index is 12.5. The van der Waals surface area contributed by atoms with Crippen molar-refractivity contribution in [3.63, 3.8) is 0 Å². The van der Waals surface area contributed by atoms with Gasteiger partial charge < -0.3 is 19.3 Å². The summed E-state index contributed by atoms with van der Waals surface area (Å²) in [5, 5.41) is 4.51. The van der Waals surface area contributed by atoms with E-state index in [9.17, 15) is 9.59 Å². The van der Waals surface area contributed by atoms with Crippen LogP contribution in [-0.2, 0) is 11.3 Å². The van der Waals surface area contributed by atoms with Gasteiger partial charge in [-0.05, 0) is 37.2 Å². The van der Waals surface area contributed by atoms with Gasteiger partial charge in [-0.15, -0.1) is 0 Å². The van der Waals surface area contributed by atoms with Crippen LogP contribution in [0.15, 0.2) is 35.1 Å². The average molecular weight is 415 g/mol. The largest absolute Gasteiger partial charge is 0.497 e. The highest BCUT2D eigenvalue weighted by atomic mass is 16.5. The number of carbonyl (C=O) groups is 1. The van der Waals surface area contributed by atoms with Crippen LogP contribution in [0, 0.1) is 0 Å². The maximum Gasteiger partial charge on any atom is 0.270 e. The van der Waals surface area contributed by atoms with Crippen LogP contribution in [0.25, 0.3) is 11.3 Å². The Morgan fingerprint density at radius 3 is 2.37 bits per heavy atom. The van der Waals surface area contributed by atoms with E-state index >= 15 is 0 Å². The van der Waals surface area contributed by atoms with E-state index in [1.165, 1.54) is 17.9 Å². The molecule has 0 saturated carbocycles. The van der Waals surface area contributed by atoms with Crippen molar-refractivity contribution in [3.05, 3.63) is 40.7 Å². The highest BCUT2D eigenvalue weighted by Gasteiger charge is 2.20. The number of amides is 1. The number of piperazine rings is 1. The number of hydrogen-bond acceptors (Lipinski definition) is 6. The molecule has 0 radical (unpaired) electrons. The van der Waals surface area contributed by atoms with E-state index in [0.717, 1.165) is 44.0 Å². The molecule has 0 bridgehead atoms.